The molecule has 0 aliphatic carbocycles. The number of aromatic nitrogens is 3. The minimum Gasteiger partial charge on any atom is -0.384 e. The summed E-state index contributed by atoms with van der Waals surface area (Å²) in [5.74, 6) is 0.814. The van der Waals surface area contributed by atoms with Crippen molar-refractivity contribution in [3.8, 4) is 0 Å². The van der Waals surface area contributed by atoms with Crippen LogP contribution in [-0.2, 0) is 13.1 Å². The molecule has 0 spiro atoms. The average molecular weight is 261 g/mol. The Morgan fingerprint density at radius 1 is 1.21 bits per heavy atom. The first-order valence-corrected chi connectivity index (χ1v) is 6.40. The van der Waals surface area contributed by atoms with Gasteiger partial charge >= 0.3 is 0 Å². The van der Waals surface area contributed by atoms with Gasteiger partial charge in [-0.1, -0.05) is 0 Å². The third kappa shape index (κ3) is 2.90. The number of hydrogen-bond donors (Lipinski definition) is 1. The predicted octanol–water partition coefficient (Wildman–Crippen LogP) is 1.34. The van der Waals surface area contributed by atoms with E-state index in [2.05, 4.69) is 25.0 Å². The van der Waals surface area contributed by atoms with Crippen molar-refractivity contribution < 1.29 is 4.39 Å². The summed E-state index contributed by atoms with van der Waals surface area (Å²) in [6.07, 6.45) is 1.78. The molecule has 0 radical (unpaired) electrons. The highest BCUT2D eigenvalue weighted by molar-refractivity contribution is 5.42. The van der Waals surface area contributed by atoms with Crippen molar-refractivity contribution in [3.63, 3.8) is 0 Å². The van der Waals surface area contributed by atoms with E-state index in [9.17, 15) is 4.39 Å². The van der Waals surface area contributed by atoms with Crippen LogP contribution in [0.4, 0.5) is 10.1 Å². The van der Waals surface area contributed by atoms with Crippen LogP contribution in [0.2, 0.25) is 0 Å². The monoisotopic (exact) mass is 261 g/mol. The van der Waals surface area contributed by atoms with Crippen LogP contribution < -0.4 is 5.32 Å². The lowest BCUT2D eigenvalue weighted by Gasteiger charge is -2.26. The lowest BCUT2D eigenvalue weighted by atomic mass is 10.3. The fraction of sp³-hybridized carbons (Fsp3) is 0.385. The quantitative estimate of drug-likeness (QED) is 0.902. The van der Waals surface area contributed by atoms with Gasteiger partial charge in [-0.2, -0.15) is 0 Å². The molecule has 1 aromatic heterocycles. The van der Waals surface area contributed by atoms with E-state index in [1.54, 1.807) is 18.5 Å². The number of anilines is 1. The van der Waals surface area contributed by atoms with Crippen molar-refractivity contribution >= 4 is 5.69 Å². The van der Waals surface area contributed by atoms with Crippen molar-refractivity contribution in [2.24, 2.45) is 0 Å². The molecule has 2 aromatic rings. The van der Waals surface area contributed by atoms with E-state index in [4.69, 9.17) is 0 Å². The molecule has 0 saturated carbocycles. The van der Waals surface area contributed by atoms with Gasteiger partial charge in [-0.25, -0.2) is 4.39 Å². The summed E-state index contributed by atoms with van der Waals surface area (Å²) >= 11 is 0. The van der Waals surface area contributed by atoms with Gasteiger partial charge in [-0.15, -0.1) is 10.2 Å². The van der Waals surface area contributed by atoms with Crippen LogP contribution in [0.1, 0.15) is 5.82 Å². The zero-order chi connectivity index (χ0) is 13.1. The molecule has 0 atom stereocenters. The van der Waals surface area contributed by atoms with Gasteiger partial charge in [0.1, 0.15) is 18.0 Å². The van der Waals surface area contributed by atoms with Gasteiger partial charge in [-0.3, -0.25) is 4.90 Å². The predicted molar refractivity (Wildman–Crippen MR) is 70.2 cm³/mol. The van der Waals surface area contributed by atoms with Crippen molar-refractivity contribution in [2.75, 3.05) is 25.0 Å². The number of fused-ring (bicyclic) bond motifs is 1. The Labute approximate surface area is 111 Å². The number of benzene rings is 1. The number of nitrogens with zero attached hydrogens (tertiary/aromatic N) is 4. The largest absolute Gasteiger partial charge is 0.384 e. The summed E-state index contributed by atoms with van der Waals surface area (Å²) in [5, 5.41) is 11.3. The molecule has 100 valence electrons. The van der Waals surface area contributed by atoms with Crippen LogP contribution in [0.25, 0.3) is 0 Å². The minimum absolute atomic E-state index is 0.207. The summed E-state index contributed by atoms with van der Waals surface area (Å²) in [6.45, 7) is 4.56. The molecule has 0 amide bonds. The maximum Gasteiger partial charge on any atom is 0.147 e. The Kier molecular flexibility index (Phi) is 3.41. The molecule has 6 heteroatoms. The van der Waals surface area contributed by atoms with Crippen LogP contribution in [0.5, 0.6) is 0 Å². The van der Waals surface area contributed by atoms with Crippen molar-refractivity contribution in [1.82, 2.24) is 19.7 Å². The number of nitrogens with one attached hydrogen (secondary N) is 1. The second-order valence-electron chi connectivity index (χ2n) is 4.65. The molecule has 1 aliphatic heterocycles. The third-order valence-corrected chi connectivity index (χ3v) is 3.32. The number of hydrogen-bond acceptors (Lipinski definition) is 4. The highest BCUT2D eigenvalue weighted by Gasteiger charge is 2.16. The minimum atomic E-state index is -0.207. The fourth-order valence-electron chi connectivity index (χ4n) is 2.23. The van der Waals surface area contributed by atoms with Crippen LogP contribution >= 0.6 is 0 Å². The molecule has 2 heterocycles. The third-order valence-electron chi connectivity index (χ3n) is 3.32. The lowest BCUT2D eigenvalue weighted by Crippen LogP contribution is -2.36. The molecular weight excluding hydrogens is 245 g/mol. The van der Waals surface area contributed by atoms with E-state index in [-0.39, 0.29) is 5.82 Å². The summed E-state index contributed by atoms with van der Waals surface area (Å²) in [4.78, 5) is 2.33. The maximum absolute atomic E-state index is 12.8. The molecule has 1 N–H and O–H groups in total. The zero-order valence-electron chi connectivity index (χ0n) is 10.6. The van der Waals surface area contributed by atoms with Gasteiger partial charge in [0.05, 0.1) is 6.54 Å². The first-order valence-electron chi connectivity index (χ1n) is 6.40. The smallest absolute Gasteiger partial charge is 0.147 e. The van der Waals surface area contributed by atoms with Crippen LogP contribution in [-0.4, -0.2) is 39.3 Å². The average Bonchev–Trinajstić information content (AvgIpc) is 2.88. The molecule has 0 unspecified atom stereocenters. The lowest BCUT2D eigenvalue weighted by molar-refractivity contribution is 0.225. The number of rotatable bonds is 4. The Balaban J connectivity index is 1.47. The molecule has 5 nitrogen and oxygen atoms in total. The summed E-state index contributed by atoms with van der Waals surface area (Å²) in [6, 6.07) is 6.43. The van der Waals surface area contributed by atoms with E-state index in [1.165, 1.54) is 12.1 Å². The second kappa shape index (κ2) is 5.36. The fourth-order valence-corrected chi connectivity index (χ4v) is 2.23. The Hall–Kier alpha value is -1.95. The van der Waals surface area contributed by atoms with Crippen LogP contribution in [0.3, 0.4) is 0 Å². The normalized spacial score (nSPS) is 15.2. The highest BCUT2D eigenvalue weighted by atomic mass is 19.1. The van der Waals surface area contributed by atoms with Gasteiger partial charge in [0.2, 0.25) is 0 Å². The second-order valence-corrected chi connectivity index (χ2v) is 4.65. The van der Waals surface area contributed by atoms with E-state index >= 15 is 0 Å². The van der Waals surface area contributed by atoms with E-state index in [0.29, 0.717) is 0 Å². The van der Waals surface area contributed by atoms with Crippen LogP contribution in [0, 0.1) is 5.82 Å². The Morgan fingerprint density at radius 2 is 2.05 bits per heavy atom. The van der Waals surface area contributed by atoms with E-state index < -0.39 is 0 Å². The maximum atomic E-state index is 12.8. The van der Waals surface area contributed by atoms with Crippen molar-refractivity contribution in [2.45, 2.75) is 13.1 Å². The SMILES string of the molecule is Fc1ccc(NCCN2CCn3cnnc3C2)cc1. The molecular formula is C13H16FN5. The van der Waals surface area contributed by atoms with Gasteiger partial charge < -0.3 is 9.88 Å². The molecule has 0 bridgehead atoms. The van der Waals surface area contributed by atoms with Gasteiger partial charge in [0, 0.05) is 31.9 Å². The molecule has 3 rings (SSSR count). The Morgan fingerprint density at radius 3 is 2.89 bits per heavy atom. The molecule has 0 saturated heterocycles. The van der Waals surface area contributed by atoms with Crippen LogP contribution in [0.15, 0.2) is 30.6 Å². The van der Waals surface area contributed by atoms with Gasteiger partial charge in [0.15, 0.2) is 0 Å². The van der Waals surface area contributed by atoms with E-state index in [1.807, 2.05) is 0 Å². The molecule has 19 heavy (non-hydrogen) atoms. The standard InChI is InChI=1S/C13H16FN5/c14-11-1-3-12(4-2-11)15-5-6-18-7-8-19-10-16-17-13(19)9-18/h1-4,10,15H,5-9H2. The summed E-state index contributed by atoms with van der Waals surface area (Å²) < 4.78 is 14.8. The topological polar surface area (TPSA) is 46.0 Å². The van der Waals surface area contributed by atoms with Crippen molar-refractivity contribution in [1.29, 1.82) is 0 Å². The first-order chi connectivity index (χ1) is 9.31. The number of halogens is 1. The zero-order valence-corrected chi connectivity index (χ0v) is 10.6. The summed E-state index contributed by atoms with van der Waals surface area (Å²) in [5.41, 5.74) is 0.946. The highest BCUT2D eigenvalue weighted by Crippen LogP contribution is 2.10. The Bertz CT molecular complexity index is 536. The molecule has 1 aliphatic rings. The molecule has 1 aromatic carbocycles. The van der Waals surface area contributed by atoms with Crippen molar-refractivity contribution in [3.05, 3.63) is 42.2 Å². The first kappa shape index (κ1) is 12.1. The van der Waals surface area contributed by atoms with Gasteiger partial charge in [-0.05, 0) is 24.3 Å². The molecule has 0 fully saturated rings. The summed E-state index contributed by atoms with van der Waals surface area (Å²) in [7, 11) is 0. The van der Waals surface area contributed by atoms with E-state index in [0.717, 1.165) is 44.2 Å². The van der Waals surface area contributed by atoms with Gasteiger partial charge in [0.25, 0.3) is 0 Å².